The molecule has 3 heteroatoms. The average molecular weight is 241 g/mol. The quantitative estimate of drug-likeness (QED) is 0.828. The number of aliphatic hydroxyl groups is 1. The first-order valence-electron chi connectivity index (χ1n) is 5.82. The summed E-state index contributed by atoms with van der Waals surface area (Å²) in [5.41, 5.74) is 1.06. The Hall–Kier alpha value is -0.730. The van der Waals surface area contributed by atoms with Crippen molar-refractivity contribution in [1.82, 2.24) is 0 Å². The molecule has 1 aromatic rings. The van der Waals surface area contributed by atoms with Gasteiger partial charge in [-0.1, -0.05) is 23.7 Å². The van der Waals surface area contributed by atoms with Crippen LogP contribution in [0.1, 0.15) is 24.8 Å². The van der Waals surface area contributed by atoms with E-state index in [1.165, 1.54) is 12.8 Å². The number of aliphatic hydroxyl groups excluding tert-OH is 1. The Labute approximate surface area is 101 Å². The molecular weight excluding hydrogens is 224 g/mol. The van der Waals surface area contributed by atoms with Crippen LogP contribution in [0.4, 0.5) is 0 Å². The maximum atomic E-state index is 8.80. The predicted octanol–water partition coefficient (Wildman–Crippen LogP) is 3.05. The molecule has 0 aliphatic heterocycles. The lowest BCUT2D eigenvalue weighted by Gasteiger charge is -2.10. The molecule has 0 unspecified atom stereocenters. The fraction of sp³-hybridized carbons (Fsp3) is 0.538. The molecule has 0 amide bonds. The molecule has 1 N–H and O–H groups in total. The van der Waals surface area contributed by atoms with Crippen molar-refractivity contribution < 1.29 is 9.84 Å². The molecule has 0 heterocycles. The van der Waals surface area contributed by atoms with E-state index < -0.39 is 0 Å². The standard InChI is InChI=1S/C13H17ClO2/c14-13-11(4-2-8-15)3-1-5-12(13)16-9-10-6-7-10/h1,3,5,10,15H,2,4,6-9H2. The van der Waals surface area contributed by atoms with Gasteiger partial charge in [-0.2, -0.15) is 0 Å². The number of ether oxygens (including phenoxy) is 1. The molecule has 0 bridgehead atoms. The summed E-state index contributed by atoms with van der Waals surface area (Å²) in [5, 5.41) is 9.50. The molecule has 1 aliphatic rings. The van der Waals surface area contributed by atoms with E-state index in [-0.39, 0.29) is 6.61 Å². The second-order valence-electron chi connectivity index (χ2n) is 4.31. The van der Waals surface area contributed by atoms with Gasteiger partial charge >= 0.3 is 0 Å². The highest BCUT2D eigenvalue weighted by Gasteiger charge is 2.22. The largest absolute Gasteiger partial charge is 0.492 e. The van der Waals surface area contributed by atoms with Crippen molar-refractivity contribution in [3.05, 3.63) is 28.8 Å². The zero-order valence-corrected chi connectivity index (χ0v) is 10.0. The third-order valence-electron chi connectivity index (χ3n) is 2.82. The molecule has 1 saturated carbocycles. The normalized spacial score (nSPS) is 15.1. The monoisotopic (exact) mass is 240 g/mol. The molecule has 16 heavy (non-hydrogen) atoms. The van der Waals surface area contributed by atoms with Crippen LogP contribution < -0.4 is 4.74 Å². The van der Waals surface area contributed by atoms with Crippen molar-refractivity contribution in [2.24, 2.45) is 5.92 Å². The zero-order chi connectivity index (χ0) is 11.4. The van der Waals surface area contributed by atoms with Gasteiger partial charge in [-0.25, -0.2) is 0 Å². The Balaban J connectivity index is 1.99. The summed E-state index contributed by atoms with van der Waals surface area (Å²) in [7, 11) is 0. The van der Waals surface area contributed by atoms with Gasteiger partial charge in [0.25, 0.3) is 0 Å². The van der Waals surface area contributed by atoms with Gasteiger partial charge in [-0.15, -0.1) is 0 Å². The summed E-state index contributed by atoms with van der Waals surface area (Å²) in [6.45, 7) is 0.979. The highest BCUT2D eigenvalue weighted by molar-refractivity contribution is 6.32. The van der Waals surface area contributed by atoms with Gasteiger partial charge in [0, 0.05) is 6.61 Å². The SMILES string of the molecule is OCCCc1cccc(OCC2CC2)c1Cl. The van der Waals surface area contributed by atoms with Crippen LogP contribution in [-0.2, 0) is 6.42 Å². The van der Waals surface area contributed by atoms with Crippen molar-refractivity contribution in [3.8, 4) is 5.75 Å². The average Bonchev–Trinajstić information content (AvgIpc) is 3.10. The van der Waals surface area contributed by atoms with Crippen LogP contribution >= 0.6 is 11.6 Å². The Morgan fingerprint density at radius 3 is 2.88 bits per heavy atom. The molecule has 88 valence electrons. The van der Waals surface area contributed by atoms with Crippen molar-refractivity contribution in [3.63, 3.8) is 0 Å². The van der Waals surface area contributed by atoms with Crippen LogP contribution in [0.25, 0.3) is 0 Å². The molecule has 1 aromatic carbocycles. The summed E-state index contributed by atoms with van der Waals surface area (Å²) in [5.74, 6) is 1.51. The van der Waals surface area contributed by atoms with Gasteiger partial charge in [0.2, 0.25) is 0 Å². The third-order valence-corrected chi connectivity index (χ3v) is 3.25. The molecule has 0 spiro atoms. The number of hydrogen-bond donors (Lipinski definition) is 1. The zero-order valence-electron chi connectivity index (χ0n) is 9.29. The summed E-state index contributed by atoms with van der Waals surface area (Å²) in [6.07, 6.45) is 4.10. The highest BCUT2D eigenvalue weighted by atomic mass is 35.5. The lowest BCUT2D eigenvalue weighted by molar-refractivity contribution is 0.287. The molecule has 0 radical (unpaired) electrons. The van der Waals surface area contributed by atoms with Gasteiger partial charge in [-0.05, 0) is 43.2 Å². The van der Waals surface area contributed by atoms with Crippen LogP contribution in [-0.4, -0.2) is 18.3 Å². The van der Waals surface area contributed by atoms with E-state index in [4.69, 9.17) is 21.4 Å². The van der Waals surface area contributed by atoms with E-state index in [1.54, 1.807) is 0 Å². The Morgan fingerprint density at radius 1 is 1.38 bits per heavy atom. The topological polar surface area (TPSA) is 29.5 Å². The number of rotatable bonds is 6. The predicted molar refractivity (Wildman–Crippen MR) is 65.1 cm³/mol. The lowest BCUT2D eigenvalue weighted by Crippen LogP contribution is -2.00. The molecular formula is C13H17ClO2. The minimum atomic E-state index is 0.198. The lowest BCUT2D eigenvalue weighted by atomic mass is 10.1. The fourth-order valence-corrected chi connectivity index (χ4v) is 1.90. The summed E-state index contributed by atoms with van der Waals surface area (Å²) < 4.78 is 5.69. The minimum absolute atomic E-state index is 0.198. The summed E-state index contributed by atoms with van der Waals surface area (Å²) >= 11 is 6.24. The van der Waals surface area contributed by atoms with Crippen molar-refractivity contribution in [2.45, 2.75) is 25.7 Å². The van der Waals surface area contributed by atoms with E-state index in [1.807, 2.05) is 18.2 Å². The Kier molecular flexibility index (Phi) is 4.08. The first-order chi connectivity index (χ1) is 7.81. The highest BCUT2D eigenvalue weighted by Crippen LogP contribution is 2.33. The smallest absolute Gasteiger partial charge is 0.138 e. The number of aryl methyl sites for hydroxylation is 1. The fourth-order valence-electron chi connectivity index (χ4n) is 1.62. The van der Waals surface area contributed by atoms with Gasteiger partial charge in [0.15, 0.2) is 0 Å². The Morgan fingerprint density at radius 2 is 2.19 bits per heavy atom. The molecule has 1 aliphatic carbocycles. The molecule has 0 atom stereocenters. The maximum Gasteiger partial charge on any atom is 0.138 e. The number of halogens is 1. The molecule has 1 fully saturated rings. The van der Waals surface area contributed by atoms with E-state index in [0.717, 1.165) is 36.7 Å². The van der Waals surface area contributed by atoms with Crippen LogP contribution in [0, 0.1) is 5.92 Å². The van der Waals surface area contributed by atoms with Gasteiger partial charge in [0.05, 0.1) is 11.6 Å². The number of benzene rings is 1. The maximum absolute atomic E-state index is 8.80. The second kappa shape index (κ2) is 5.55. The Bertz CT molecular complexity index is 348. The van der Waals surface area contributed by atoms with E-state index in [9.17, 15) is 0 Å². The number of hydrogen-bond acceptors (Lipinski definition) is 2. The van der Waals surface area contributed by atoms with Crippen LogP contribution in [0.5, 0.6) is 5.75 Å². The van der Waals surface area contributed by atoms with E-state index in [2.05, 4.69) is 0 Å². The molecule has 2 rings (SSSR count). The van der Waals surface area contributed by atoms with Crippen molar-refractivity contribution in [2.75, 3.05) is 13.2 Å². The molecule has 2 nitrogen and oxygen atoms in total. The molecule has 0 saturated heterocycles. The first kappa shape index (κ1) is 11.7. The van der Waals surface area contributed by atoms with Gasteiger partial charge in [-0.3, -0.25) is 0 Å². The van der Waals surface area contributed by atoms with Crippen LogP contribution in [0.2, 0.25) is 5.02 Å². The summed E-state index contributed by atoms with van der Waals surface area (Å²) in [6, 6.07) is 5.86. The summed E-state index contributed by atoms with van der Waals surface area (Å²) in [4.78, 5) is 0. The minimum Gasteiger partial charge on any atom is -0.492 e. The van der Waals surface area contributed by atoms with Crippen LogP contribution in [0.3, 0.4) is 0 Å². The third kappa shape index (κ3) is 3.13. The molecule has 0 aromatic heterocycles. The van der Waals surface area contributed by atoms with Crippen LogP contribution in [0.15, 0.2) is 18.2 Å². The van der Waals surface area contributed by atoms with Crippen molar-refractivity contribution in [1.29, 1.82) is 0 Å². The van der Waals surface area contributed by atoms with E-state index in [0.29, 0.717) is 5.02 Å². The van der Waals surface area contributed by atoms with E-state index >= 15 is 0 Å². The van der Waals surface area contributed by atoms with Gasteiger partial charge < -0.3 is 9.84 Å². The van der Waals surface area contributed by atoms with Gasteiger partial charge in [0.1, 0.15) is 5.75 Å². The first-order valence-corrected chi connectivity index (χ1v) is 6.20. The van der Waals surface area contributed by atoms with Crippen molar-refractivity contribution >= 4 is 11.6 Å². The second-order valence-corrected chi connectivity index (χ2v) is 4.69.